The summed E-state index contributed by atoms with van der Waals surface area (Å²) in [7, 11) is 0. The maximum atomic E-state index is 12.4. The van der Waals surface area contributed by atoms with Gasteiger partial charge in [-0.2, -0.15) is 0 Å². The molecule has 7 heteroatoms. The quantitative estimate of drug-likeness (QED) is 0.251. The molecule has 3 rings (SSSR count). The third-order valence-corrected chi connectivity index (χ3v) is 7.12. The molecule has 0 saturated carbocycles. The highest BCUT2D eigenvalue weighted by molar-refractivity contribution is 14.1. The summed E-state index contributed by atoms with van der Waals surface area (Å²) in [4.78, 5) is 0. The highest BCUT2D eigenvalue weighted by Crippen LogP contribution is 2.33. The van der Waals surface area contributed by atoms with Crippen molar-refractivity contribution in [2.24, 2.45) is 0 Å². The molecule has 0 N–H and O–H groups in total. The molecule has 0 unspecified atom stereocenters. The fourth-order valence-corrected chi connectivity index (χ4v) is 5.15. The molecule has 3 aromatic rings. The van der Waals surface area contributed by atoms with Crippen LogP contribution in [0.15, 0.2) is 54.6 Å². The molecule has 27 heavy (non-hydrogen) atoms. The summed E-state index contributed by atoms with van der Waals surface area (Å²) in [5.74, 6) is -0.212. The van der Waals surface area contributed by atoms with Gasteiger partial charge in [0.05, 0.1) is 0 Å². The van der Waals surface area contributed by atoms with E-state index in [2.05, 4.69) is 69.0 Å². The first-order valence-corrected chi connectivity index (χ1v) is 11.0. The van der Waals surface area contributed by atoms with E-state index in [1.165, 1.54) is 24.8 Å². The van der Waals surface area contributed by atoms with Gasteiger partial charge < -0.3 is 4.74 Å². The lowest BCUT2D eigenvalue weighted by atomic mass is 10.00. The van der Waals surface area contributed by atoms with E-state index in [0.717, 1.165) is 22.3 Å². The van der Waals surface area contributed by atoms with Gasteiger partial charge in [-0.3, -0.25) is 0 Å². The van der Waals surface area contributed by atoms with Crippen LogP contribution in [-0.4, -0.2) is 6.36 Å². The van der Waals surface area contributed by atoms with Crippen molar-refractivity contribution >= 4 is 67.8 Å². The Labute approximate surface area is 196 Å². The normalized spacial score (nSPS) is 11.5. The summed E-state index contributed by atoms with van der Waals surface area (Å²) in [5, 5.41) is 0. The second kappa shape index (κ2) is 8.44. The van der Waals surface area contributed by atoms with Crippen LogP contribution < -0.4 is 4.74 Å². The third-order valence-electron chi connectivity index (χ3n) is 3.98. The minimum absolute atomic E-state index is 0.212. The van der Waals surface area contributed by atoms with Crippen molar-refractivity contribution in [1.82, 2.24) is 0 Å². The fraction of sp³-hybridized carbons (Fsp3) is 0.100. The Morgan fingerprint density at radius 1 is 0.704 bits per heavy atom. The Morgan fingerprint density at radius 3 is 1.78 bits per heavy atom. The predicted molar refractivity (Wildman–Crippen MR) is 127 cm³/mol. The van der Waals surface area contributed by atoms with E-state index >= 15 is 0 Å². The first-order valence-electron chi connectivity index (χ1n) is 7.76. The zero-order valence-electron chi connectivity index (χ0n) is 13.9. The van der Waals surface area contributed by atoms with Crippen molar-refractivity contribution < 1.29 is 17.9 Å². The van der Waals surface area contributed by atoms with Gasteiger partial charge in [0.2, 0.25) is 0 Å². The molecule has 3 aromatic carbocycles. The van der Waals surface area contributed by atoms with Gasteiger partial charge in [0, 0.05) is 10.7 Å². The van der Waals surface area contributed by atoms with Crippen LogP contribution in [0.3, 0.4) is 0 Å². The molecule has 0 bridgehead atoms. The molecule has 1 nitrogen and oxygen atoms in total. The molecule has 0 aliphatic rings. The lowest BCUT2D eigenvalue weighted by molar-refractivity contribution is -0.274. The minimum Gasteiger partial charge on any atom is -0.406 e. The Morgan fingerprint density at radius 2 is 1.26 bits per heavy atom. The highest BCUT2D eigenvalue weighted by Gasteiger charge is 2.31. The first kappa shape index (κ1) is 21.2. The molecular formula is C20H12F3I3O. The number of benzene rings is 3. The van der Waals surface area contributed by atoms with Crippen LogP contribution in [0.4, 0.5) is 13.2 Å². The first-order chi connectivity index (χ1) is 12.6. The van der Waals surface area contributed by atoms with E-state index in [0.29, 0.717) is 3.57 Å². The van der Waals surface area contributed by atoms with Crippen molar-refractivity contribution in [1.29, 1.82) is 0 Å². The molecule has 0 saturated heterocycles. The van der Waals surface area contributed by atoms with E-state index in [4.69, 9.17) is 0 Å². The van der Waals surface area contributed by atoms with Crippen molar-refractivity contribution in [2.45, 2.75) is 13.3 Å². The molecule has 0 spiro atoms. The van der Waals surface area contributed by atoms with Gasteiger partial charge in [-0.25, -0.2) is 0 Å². The summed E-state index contributed by atoms with van der Waals surface area (Å²) in [5.41, 5.74) is 5.32. The topological polar surface area (TPSA) is 9.23 Å². The molecule has 0 atom stereocenters. The fourth-order valence-electron chi connectivity index (χ4n) is 2.58. The summed E-state index contributed by atoms with van der Waals surface area (Å²) >= 11 is 6.70. The molecule has 0 fully saturated rings. The average Bonchev–Trinajstić information content (AvgIpc) is 2.58. The van der Waals surface area contributed by atoms with Gasteiger partial charge >= 0.3 is 6.36 Å². The number of alkyl halides is 3. The molecule has 0 aromatic heterocycles. The predicted octanol–water partition coefficient (Wildman–Crippen LogP) is 8.04. The van der Waals surface area contributed by atoms with E-state index < -0.39 is 6.36 Å². The van der Waals surface area contributed by atoms with Crippen molar-refractivity contribution in [3.8, 4) is 28.0 Å². The summed E-state index contributed by atoms with van der Waals surface area (Å²) in [6.07, 6.45) is -4.69. The van der Waals surface area contributed by atoms with Gasteiger partial charge in [0.15, 0.2) is 0 Å². The van der Waals surface area contributed by atoms with Gasteiger partial charge in [0.1, 0.15) is 5.75 Å². The Kier molecular flexibility index (Phi) is 6.61. The number of ether oxygens (including phenoxy) is 1. The Bertz CT molecular complexity index is 960. The second-order valence-electron chi connectivity index (χ2n) is 5.83. The van der Waals surface area contributed by atoms with E-state index in [1.807, 2.05) is 46.9 Å². The summed E-state index contributed by atoms with van der Waals surface area (Å²) < 4.78 is 44.2. The van der Waals surface area contributed by atoms with Crippen LogP contribution in [-0.2, 0) is 0 Å². The van der Waals surface area contributed by atoms with Crippen molar-refractivity contribution in [3.63, 3.8) is 0 Å². The summed E-state index contributed by atoms with van der Waals surface area (Å²) in [6, 6.07) is 16.7. The molecule has 0 aliphatic heterocycles. The summed E-state index contributed by atoms with van der Waals surface area (Å²) in [6.45, 7) is 2.10. The maximum Gasteiger partial charge on any atom is 0.573 e. The van der Waals surface area contributed by atoms with Crippen LogP contribution in [0.5, 0.6) is 5.75 Å². The number of halogens is 6. The lowest BCUT2D eigenvalue weighted by Crippen LogP contribution is -2.17. The standard InChI is InChI=1S/C20H12F3I3O/c1-11-17(24)8-14(9-18(11)25)12-2-4-13(5-3-12)16-7-6-15(10-19(16)26)27-20(21,22)23/h2-10H,1H3. The average molecular weight is 706 g/mol. The molecular weight excluding hydrogens is 694 g/mol. The van der Waals surface area contributed by atoms with Gasteiger partial charge in [-0.1, -0.05) is 24.3 Å². The number of rotatable bonds is 3. The monoisotopic (exact) mass is 706 g/mol. The van der Waals surface area contributed by atoms with E-state index in [1.54, 1.807) is 6.07 Å². The zero-order valence-corrected chi connectivity index (χ0v) is 20.3. The minimum atomic E-state index is -4.69. The largest absolute Gasteiger partial charge is 0.573 e. The number of hydrogen-bond donors (Lipinski definition) is 0. The van der Waals surface area contributed by atoms with Crippen molar-refractivity contribution in [2.75, 3.05) is 0 Å². The Hall–Kier alpha value is -0.560. The third kappa shape index (κ3) is 5.28. The van der Waals surface area contributed by atoms with Crippen molar-refractivity contribution in [3.05, 3.63) is 70.9 Å². The van der Waals surface area contributed by atoms with Crippen LogP contribution in [0.25, 0.3) is 22.3 Å². The van der Waals surface area contributed by atoms with Crippen LogP contribution in [0, 0.1) is 17.6 Å². The van der Waals surface area contributed by atoms with Gasteiger partial charge in [-0.05, 0) is 133 Å². The van der Waals surface area contributed by atoms with Crippen LogP contribution in [0.2, 0.25) is 0 Å². The van der Waals surface area contributed by atoms with E-state index in [-0.39, 0.29) is 5.75 Å². The SMILES string of the molecule is Cc1c(I)cc(-c2ccc(-c3ccc(OC(F)(F)F)cc3I)cc2)cc1I. The lowest BCUT2D eigenvalue weighted by Gasteiger charge is -2.12. The Balaban J connectivity index is 1.90. The highest BCUT2D eigenvalue weighted by atomic mass is 127. The molecule has 140 valence electrons. The van der Waals surface area contributed by atoms with Crippen LogP contribution in [0.1, 0.15) is 5.56 Å². The number of hydrogen-bond acceptors (Lipinski definition) is 1. The zero-order chi connectivity index (χ0) is 19.8. The van der Waals surface area contributed by atoms with Gasteiger partial charge in [-0.15, -0.1) is 13.2 Å². The smallest absolute Gasteiger partial charge is 0.406 e. The molecule has 0 heterocycles. The van der Waals surface area contributed by atoms with E-state index in [9.17, 15) is 13.2 Å². The maximum absolute atomic E-state index is 12.4. The molecule has 0 aliphatic carbocycles. The van der Waals surface area contributed by atoms with Gasteiger partial charge in [0.25, 0.3) is 0 Å². The molecule has 0 radical (unpaired) electrons. The van der Waals surface area contributed by atoms with Crippen LogP contribution >= 0.6 is 67.8 Å². The molecule has 0 amide bonds. The second-order valence-corrected chi connectivity index (χ2v) is 9.32.